The lowest BCUT2D eigenvalue weighted by atomic mass is 9.73. The Morgan fingerprint density at radius 2 is 1.61 bits per heavy atom. The van der Waals surface area contributed by atoms with Gasteiger partial charge in [-0.15, -0.1) is 0 Å². The Balaban J connectivity index is 1.25. The van der Waals surface area contributed by atoms with Crippen molar-refractivity contribution in [2.45, 2.75) is 76.8 Å². The first-order valence-electron chi connectivity index (χ1n) is 11.6. The van der Waals surface area contributed by atoms with Crippen molar-refractivity contribution in [3.05, 3.63) is 24.3 Å². The molecule has 4 aliphatic rings. The maximum atomic E-state index is 13.2. The lowest BCUT2D eigenvalue weighted by molar-refractivity contribution is -0.127. The van der Waals surface area contributed by atoms with Crippen LogP contribution in [0.4, 0.5) is 11.4 Å². The summed E-state index contributed by atoms with van der Waals surface area (Å²) in [6.07, 6.45) is 11.0. The molecule has 0 radical (unpaired) electrons. The number of carbonyl (C=O) groups excluding carboxylic acids is 1. The number of hydrogen-bond donors (Lipinski definition) is 0. The van der Waals surface area contributed by atoms with Crippen LogP contribution >= 0.6 is 0 Å². The summed E-state index contributed by atoms with van der Waals surface area (Å²) in [6.45, 7) is 6.86. The van der Waals surface area contributed by atoms with Crippen molar-refractivity contribution in [3.63, 3.8) is 0 Å². The highest BCUT2D eigenvalue weighted by Gasteiger charge is 2.47. The van der Waals surface area contributed by atoms with E-state index in [-0.39, 0.29) is 5.41 Å². The van der Waals surface area contributed by atoms with Crippen LogP contribution in [0.5, 0.6) is 0 Å². The van der Waals surface area contributed by atoms with Crippen molar-refractivity contribution in [2.24, 2.45) is 5.41 Å². The molecule has 4 fully saturated rings. The fourth-order valence-corrected chi connectivity index (χ4v) is 6.35. The summed E-state index contributed by atoms with van der Waals surface area (Å²) in [5.41, 5.74) is 2.38. The molecule has 1 aromatic carbocycles. The molecule has 3 aliphatic heterocycles. The first-order valence-corrected chi connectivity index (χ1v) is 11.6. The summed E-state index contributed by atoms with van der Waals surface area (Å²) in [7, 11) is 0. The molecule has 1 saturated carbocycles. The van der Waals surface area contributed by atoms with E-state index in [0.29, 0.717) is 11.9 Å². The highest BCUT2D eigenvalue weighted by molar-refractivity contribution is 6.00. The molecule has 2 atom stereocenters. The summed E-state index contributed by atoms with van der Waals surface area (Å²) in [5, 5.41) is 0. The molecule has 1 spiro atoms. The third-order valence-electron chi connectivity index (χ3n) is 8.09. The van der Waals surface area contributed by atoms with Crippen LogP contribution in [0.3, 0.4) is 0 Å². The van der Waals surface area contributed by atoms with Gasteiger partial charge in [0.05, 0.1) is 5.41 Å². The summed E-state index contributed by atoms with van der Waals surface area (Å²) in [6, 6.07) is 10.3. The Kier molecular flexibility index (Phi) is 4.86. The van der Waals surface area contributed by atoms with Crippen molar-refractivity contribution >= 4 is 17.3 Å². The van der Waals surface area contributed by atoms with E-state index in [1.165, 1.54) is 50.8 Å². The number of anilines is 2. The van der Waals surface area contributed by atoms with Gasteiger partial charge in [0.1, 0.15) is 0 Å². The molecule has 1 aromatic rings. The van der Waals surface area contributed by atoms with Crippen LogP contribution in [-0.4, -0.2) is 49.1 Å². The van der Waals surface area contributed by atoms with Gasteiger partial charge in [0.25, 0.3) is 0 Å². The van der Waals surface area contributed by atoms with Gasteiger partial charge in [0.15, 0.2) is 0 Å². The highest BCUT2D eigenvalue weighted by Crippen LogP contribution is 2.46. The maximum Gasteiger partial charge on any atom is 0.233 e. The molecule has 4 nitrogen and oxygen atoms in total. The Morgan fingerprint density at radius 3 is 2.32 bits per heavy atom. The molecule has 5 rings (SSSR count). The van der Waals surface area contributed by atoms with Crippen LogP contribution < -0.4 is 9.80 Å². The Morgan fingerprint density at radius 1 is 0.857 bits per heavy atom. The lowest BCUT2D eigenvalue weighted by Crippen LogP contribution is -2.39. The van der Waals surface area contributed by atoms with Crippen LogP contribution in [0.25, 0.3) is 0 Å². The summed E-state index contributed by atoms with van der Waals surface area (Å²) in [5.74, 6) is 0.393. The van der Waals surface area contributed by atoms with Crippen LogP contribution in [0, 0.1) is 5.41 Å². The molecule has 3 heterocycles. The number of benzene rings is 1. The van der Waals surface area contributed by atoms with Crippen molar-refractivity contribution in [1.82, 2.24) is 4.90 Å². The summed E-state index contributed by atoms with van der Waals surface area (Å²) >= 11 is 0. The van der Waals surface area contributed by atoms with E-state index in [4.69, 9.17) is 0 Å². The Bertz CT molecular complexity index is 709. The third-order valence-corrected chi connectivity index (χ3v) is 8.09. The van der Waals surface area contributed by atoms with Gasteiger partial charge in [-0.2, -0.15) is 0 Å². The van der Waals surface area contributed by atoms with Gasteiger partial charge in [-0.1, -0.05) is 19.3 Å². The fraction of sp³-hybridized carbons (Fsp3) is 0.708. The Labute approximate surface area is 169 Å². The van der Waals surface area contributed by atoms with Crippen molar-refractivity contribution < 1.29 is 4.79 Å². The van der Waals surface area contributed by atoms with Gasteiger partial charge < -0.3 is 9.80 Å². The number of carbonyl (C=O) groups is 1. The number of rotatable bonds is 3. The average molecular weight is 382 g/mol. The van der Waals surface area contributed by atoms with Gasteiger partial charge in [-0.05, 0) is 76.3 Å². The minimum absolute atomic E-state index is 0.0362. The number of nitrogens with zero attached hydrogens (tertiary/aromatic N) is 3. The molecule has 28 heavy (non-hydrogen) atoms. The van der Waals surface area contributed by atoms with Crippen LogP contribution in [0.15, 0.2) is 24.3 Å². The van der Waals surface area contributed by atoms with Crippen LogP contribution in [-0.2, 0) is 4.79 Å². The fourth-order valence-electron chi connectivity index (χ4n) is 6.35. The van der Waals surface area contributed by atoms with E-state index in [1.807, 2.05) is 0 Å². The quantitative estimate of drug-likeness (QED) is 0.775. The second-order valence-electron chi connectivity index (χ2n) is 9.68. The maximum absolute atomic E-state index is 13.2. The Hall–Kier alpha value is -1.55. The SMILES string of the molecule is CC1CCCN1C1CCN(c2ccc(N3CCC4(CCCCC4)C3=O)cc2)C1. The van der Waals surface area contributed by atoms with E-state index in [1.54, 1.807) is 0 Å². The number of likely N-dealkylation sites (tertiary alicyclic amines) is 1. The van der Waals surface area contributed by atoms with Gasteiger partial charge in [-0.3, -0.25) is 9.69 Å². The smallest absolute Gasteiger partial charge is 0.233 e. The van der Waals surface area contributed by atoms with Crippen LogP contribution in [0.2, 0.25) is 0 Å². The predicted molar refractivity (Wildman–Crippen MR) is 115 cm³/mol. The van der Waals surface area contributed by atoms with Gasteiger partial charge in [0.2, 0.25) is 5.91 Å². The van der Waals surface area contributed by atoms with Crippen molar-refractivity contribution in [1.29, 1.82) is 0 Å². The zero-order chi connectivity index (χ0) is 19.1. The third kappa shape index (κ3) is 3.14. The molecule has 152 valence electrons. The van der Waals surface area contributed by atoms with Crippen molar-refractivity contribution in [3.8, 4) is 0 Å². The zero-order valence-electron chi connectivity index (χ0n) is 17.4. The first-order chi connectivity index (χ1) is 13.7. The largest absolute Gasteiger partial charge is 0.370 e. The van der Waals surface area contributed by atoms with E-state index in [0.717, 1.165) is 50.6 Å². The van der Waals surface area contributed by atoms with Gasteiger partial charge in [0, 0.05) is 43.1 Å². The average Bonchev–Trinajstić information content (AvgIpc) is 3.44. The summed E-state index contributed by atoms with van der Waals surface area (Å²) < 4.78 is 0. The second-order valence-corrected chi connectivity index (χ2v) is 9.68. The zero-order valence-corrected chi connectivity index (χ0v) is 17.4. The number of amides is 1. The van der Waals surface area contributed by atoms with Gasteiger partial charge in [-0.25, -0.2) is 0 Å². The molecule has 0 bridgehead atoms. The molecular formula is C24H35N3O. The summed E-state index contributed by atoms with van der Waals surface area (Å²) in [4.78, 5) is 20.5. The lowest BCUT2D eigenvalue weighted by Gasteiger charge is -2.31. The molecule has 0 aromatic heterocycles. The molecular weight excluding hydrogens is 346 g/mol. The van der Waals surface area contributed by atoms with Crippen LogP contribution in [0.1, 0.15) is 64.7 Å². The molecule has 4 heteroatoms. The molecule has 1 amide bonds. The number of hydrogen-bond acceptors (Lipinski definition) is 3. The monoisotopic (exact) mass is 381 g/mol. The standard InChI is InChI=1S/C24H35N3O/c1-19-6-5-15-26(19)22-11-16-25(18-22)20-7-9-21(10-8-20)27-17-14-24(23(27)28)12-3-2-4-13-24/h7-10,19,22H,2-6,11-18H2,1H3. The van der Waals surface area contributed by atoms with Gasteiger partial charge >= 0.3 is 0 Å². The topological polar surface area (TPSA) is 26.8 Å². The second kappa shape index (κ2) is 7.37. The molecule has 0 N–H and O–H groups in total. The normalized spacial score (nSPS) is 30.7. The highest BCUT2D eigenvalue weighted by atomic mass is 16.2. The minimum Gasteiger partial charge on any atom is -0.370 e. The predicted octanol–water partition coefficient (Wildman–Crippen LogP) is 4.44. The van der Waals surface area contributed by atoms with Crippen molar-refractivity contribution in [2.75, 3.05) is 36.0 Å². The van der Waals surface area contributed by atoms with E-state index < -0.39 is 0 Å². The molecule has 3 saturated heterocycles. The van der Waals surface area contributed by atoms with E-state index >= 15 is 0 Å². The van der Waals surface area contributed by atoms with E-state index in [9.17, 15) is 4.79 Å². The minimum atomic E-state index is -0.0362. The first kappa shape index (κ1) is 18.5. The van der Waals surface area contributed by atoms with E-state index in [2.05, 4.69) is 45.9 Å². The molecule has 1 aliphatic carbocycles. The molecule has 2 unspecified atom stereocenters.